The van der Waals surface area contributed by atoms with E-state index in [1.54, 1.807) is 32.2 Å². The number of phenolic OH excluding ortho intramolecular Hbond substituents is 1. The molecule has 2 aromatic carbocycles. The Morgan fingerprint density at radius 1 is 1.12 bits per heavy atom. The number of benzene rings is 2. The number of aromatic hydroxyl groups is 1. The van der Waals surface area contributed by atoms with E-state index in [1.807, 2.05) is 0 Å². The van der Waals surface area contributed by atoms with E-state index in [4.69, 9.17) is 32.7 Å². The molecule has 9 heteroatoms. The molecule has 1 atom stereocenters. The van der Waals surface area contributed by atoms with Gasteiger partial charge in [0.05, 0.1) is 34.3 Å². The van der Waals surface area contributed by atoms with Gasteiger partial charge in [0.15, 0.2) is 0 Å². The fourth-order valence-corrected chi connectivity index (χ4v) is 4.33. The van der Waals surface area contributed by atoms with Gasteiger partial charge in [-0.15, -0.1) is 0 Å². The fraction of sp³-hybridized carbons (Fsp3) is 0.304. The third-order valence-electron chi connectivity index (χ3n) is 5.22. The third-order valence-corrected chi connectivity index (χ3v) is 5.81. The van der Waals surface area contributed by atoms with Crippen molar-refractivity contribution < 1.29 is 29.3 Å². The highest BCUT2D eigenvalue weighted by Crippen LogP contribution is 2.43. The zero-order chi connectivity index (χ0) is 23.6. The number of aryl methyl sites for hydroxylation is 1. The molecule has 1 aliphatic rings. The van der Waals surface area contributed by atoms with Gasteiger partial charge >= 0.3 is 0 Å². The van der Waals surface area contributed by atoms with Crippen molar-refractivity contribution in [1.82, 2.24) is 4.90 Å². The predicted molar refractivity (Wildman–Crippen MR) is 121 cm³/mol. The minimum Gasteiger partial charge on any atom is -0.507 e. The van der Waals surface area contributed by atoms with Crippen molar-refractivity contribution in [2.45, 2.75) is 19.4 Å². The molecular formula is C23H23Cl2NO6. The summed E-state index contributed by atoms with van der Waals surface area (Å²) in [6.45, 7) is 2.38. The standard InChI is InChI=1S/C23H23Cl2NO6/c1-12-9-14(22(32-3)16(25)10-12)20(28)18-19(13-5-6-17(27)15(24)11-13)26(7-4-8-31-2)23(30)21(18)29/h5-6,9-11,19,27-28H,4,7-8H2,1-3H3/b20-18+. The number of methoxy groups -OCH3 is 2. The number of nitrogens with zero attached hydrogens (tertiary/aromatic N) is 1. The summed E-state index contributed by atoms with van der Waals surface area (Å²) in [5.74, 6) is -1.96. The SMILES string of the molecule is COCCCN1C(=O)C(=O)/C(=C(/O)c2cc(C)cc(Cl)c2OC)C1c1ccc(O)c(Cl)c1. The highest BCUT2D eigenvalue weighted by Gasteiger charge is 2.46. The van der Waals surface area contributed by atoms with Crippen molar-refractivity contribution >= 4 is 40.7 Å². The molecule has 1 saturated heterocycles. The summed E-state index contributed by atoms with van der Waals surface area (Å²) < 4.78 is 10.4. The number of phenols is 1. The zero-order valence-corrected chi connectivity index (χ0v) is 19.3. The minimum atomic E-state index is -0.922. The number of hydrogen-bond donors (Lipinski definition) is 2. The van der Waals surface area contributed by atoms with Crippen LogP contribution in [0.25, 0.3) is 5.76 Å². The van der Waals surface area contributed by atoms with Crippen LogP contribution in [0.5, 0.6) is 11.5 Å². The van der Waals surface area contributed by atoms with Crippen LogP contribution in [-0.2, 0) is 14.3 Å². The van der Waals surface area contributed by atoms with E-state index >= 15 is 0 Å². The van der Waals surface area contributed by atoms with Gasteiger partial charge in [0.1, 0.15) is 17.3 Å². The van der Waals surface area contributed by atoms with Gasteiger partial charge < -0.3 is 24.6 Å². The second kappa shape index (κ2) is 9.81. The van der Waals surface area contributed by atoms with Crippen LogP contribution >= 0.6 is 23.2 Å². The number of amides is 1. The van der Waals surface area contributed by atoms with Crippen molar-refractivity contribution in [3.63, 3.8) is 0 Å². The van der Waals surface area contributed by atoms with Crippen LogP contribution in [0.1, 0.15) is 29.2 Å². The molecule has 32 heavy (non-hydrogen) atoms. The van der Waals surface area contributed by atoms with Crippen molar-refractivity contribution in [1.29, 1.82) is 0 Å². The first kappa shape index (κ1) is 23.9. The number of rotatable bonds is 7. The summed E-state index contributed by atoms with van der Waals surface area (Å²) in [5.41, 5.74) is 1.27. The Labute approximate surface area is 195 Å². The molecule has 2 aromatic rings. The third kappa shape index (κ3) is 4.41. The number of carbonyl (C=O) groups is 2. The molecular weight excluding hydrogens is 457 g/mol. The lowest BCUT2D eigenvalue weighted by Gasteiger charge is -2.25. The van der Waals surface area contributed by atoms with Gasteiger partial charge in [-0.1, -0.05) is 29.3 Å². The molecule has 170 valence electrons. The maximum absolute atomic E-state index is 13.1. The lowest BCUT2D eigenvalue weighted by Crippen LogP contribution is -2.31. The van der Waals surface area contributed by atoms with Gasteiger partial charge in [0, 0.05) is 20.3 Å². The first-order chi connectivity index (χ1) is 15.2. The molecule has 3 rings (SSSR count). The van der Waals surface area contributed by atoms with Gasteiger partial charge in [0.2, 0.25) is 0 Å². The molecule has 1 unspecified atom stereocenters. The van der Waals surface area contributed by atoms with Crippen LogP contribution in [0.15, 0.2) is 35.9 Å². The van der Waals surface area contributed by atoms with Gasteiger partial charge in [-0.25, -0.2) is 0 Å². The second-order valence-electron chi connectivity index (χ2n) is 7.38. The molecule has 0 aliphatic carbocycles. The van der Waals surface area contributed by atoms with E-state index in [1.165, 1.54) is 24.1 Å². The van der Waals surface area contributed by atoms with Gasteiger partial charge in [0.25, 0.3) is 11.7 Å². The first-order valence-electron chi connectivity index (χ1n) is 9.81. The lowest BCUT2D eigenvalue weighted by atomic mass is 9.94. The van der Waals surface area contributed by atoms with E-state index in [2.05, 4.69) is 0 Å². The quantitative estimate of drug-likeness (QED) is 0.263. The molecule has 1 aliphatic heterocycles. The Morgan fingerprint density at radius 2 is 1.84 bits per heavy atom. The second-order valence-corrected chi connectivity index (χ2v) is 8.19. The van der Waals surface area contributed by atoms with Crippen LogP contribution in [-0.4, -0.2) is 54.2 Å². The molecule has 0 spiro atoms. The predicted octanol–water partition coefficient (Wildman–Crippen LogP) is 4.47. The Balaban J connectivity index is 2.24. The molecule has 0 bridgehead atoms. The Hall–Kier alpha value is -2.74. The van der Waals surface area contributed by atoms with Crippen molar-refractivity contribution in [2.75, 3.05) is 27.4 Å². The normalized spacial score (nSPS) is 17.8. The van der Waals surface area contributed by atoms with Gasteiger partial charge in [-0.3, -0.25) is 9.59 Å². The van der Waals surface area contributed by atoms with Crippen LogP contribution < -0.4 is 4.74 Å². The number of ether oxygens (including phenoxy) is 2. The molecule has 7 nitrogen and oxygen atoms in total. The number of Topliss-reactive ketones (excluding diaryl/α,β-unsaturated/α-hetero) is 1. The summed E-state index contributed by atoms with van der Waals surface area (Å²) in [6, 6.07) is 6.75. The summed E-state index contributed by atoms with van der Waals surface area (Å²) in [7, 11) is 2.94. The average Bonchev–Trinajstić information content (AvgIpc) is 3.00. The number of aliphatic hydroxyl groups is 1. The Bertz CT molecular complexity index is 1100. The largest absolute Gasteiger partial charge is 0.507 e. The highest BCUT2D eigenvalue weighted by atomic mass is 35.5. The van der Waals surface area contributed by atoms with Gasteiger partial charge in [-0.05, 0) is 48.7 Å². The molecule has 1 amide bonds. The van der Waals surface area contributed by atoms with E-state index in [0.29, 0.717) is 18.6 Å². The molecule has 0 aromatic heterocycles. The van der Waals surface area contributed by atoms with E-state index in [0.717, 1.165) is 5.56 Å². The van der Waals surface area contributed by atoms with Crippen LogP contribution in [0.4, 0.5) is 0 Å². The summed E-state index contributed by atoms with van der Waals surface area (Å²) in [4.78, 5) is 27.4. The number of likely N-dealkylation sites (tertiary alicyclic amines) is 1. The van der Waals surface area contributed by atoms with Crippen LogP contribution in [0.2, 0.25) is 10.0 Å². The molecule has 0 saturated carbocycles. The van der Waals surface area contributed by atoms with Crippen LogP contribution in [0.3, 0.4) is 0 Å². The monoisotopic (exact) mass is 479 g/mol. The molecule has 0 radical (unpaired) electrons. The van der Waals surface area contributed by atoms with Crippen molar-refractivity contribution in [3.05, 3.63) is 62.6 Å². The smallest absolute Gasteiger partial charge is 0.295 e. The van der Waals surface area contributed by atoms with Crippen LogP contribution in [0, 0.1) is 6.92 Å². The number of hydrogen-bond acceptors (Lipinski definition) is 6. The minimum absolute atomic E-state index is 0.0566. The maximum Gasteiger partial charge on any atom is 0.295 e. The van der Waals surface area contributed by atoms with Gasteiger partial charge in [-0.2, -0.15) is 0 Å². The number of halogens is 2. The van der Waals surface area contributed by atoms with E-state index < -0.39 is 23.5 Å². The summed E-state index contributed by atoms with van der Waals surface area (Å²) >= 11 is 12.4. The topological polar surface area (TPSA) is 96.3 Å². The Morgan fingerprint density at radius 3 is 2.47 bits per heavy atom. The van der Waals surface area contributed by atoms with Crippen molar-refractivity contribution in [3.8, 4) is 11.5 Å². The highest BCUT2D eigenvalue weighted by molar-refractivity contribution is 6.46. The fourth-order valence-electron chi connectivity index (χ4n) is 3.79. The Kier molecular flexibility index (Phi) is 7.33. The molecule has 2 N–H and O–H groups in total. The van der Waals surface area contributed by atoms with Crippen molar-refractivity contribution in [2.24, 2.45) is 0 Å². The number of aliphatic hydroxyl groups excluding tert-OH is 1. The summed E-state index contributed by atoms with van der Waals surface area (Å²) in [6.07, 6.45) is 0.478. The lowest BCUT2D eigenvalue weighted by molar-refractivity contribution is -0.140. The van der Waals surface area contributed by atoms with E-state index in [9.17, 15) is 19.8 Å². The average molecular weight is 480 g/mol. The number of ketones is 1. The molecule has 1 fully saturated rings. The number of carbonyl (C=O) groups excluding carboxylic acids is 2. The zero-order valence-electron chi connectivity index (χ0n) is 17.8. The summed E-state index contributed by atoms with van der Waals surface area (Å²) in [5, 5.41) is 21.4. The first-order valence-corrected chi connectivity index (χ1v) is 10.6. The molecule has 1 heterocycles. The van der Waals surface area contributed by atoms with E-state index in [-0.39, 0.29) is 39.2 Å². The maximum atomic E-state index is 13.1.